The van der Waals surface area contributed by atoms with Crippen molar-refractivity contribution >= 4 is 11.6 Å². The lowest BCUT2D eigenvalue weighted by atomic mass is 9.92. The van der Waals surface area contributed by atoms with E-state index in [1.807, 2.05) is 24.3 Å². The van der Waals surface area contributed by atoms with E-state index in [1.165, 1.54) is 30.2 Å². The maximum atomic E-state index is 12.2. The molecule has 1 aliphatic carbocycles. The van der Waals surface area contributed by atoms with Crippen molar-refractivity contribution in [1.29, 1.82) is 0 Å². The topological polar surface area (TPSA) is 72.0 Å². The highest BCUT2D eigenvalue weighted by molar-refractivity contribution is 6.45. The average molecular weight is 458 g/mol. The summed E-state index contributed by atoms with van der Waals surface area (Å²) in [5.74, 6) is 0.158. The number of benzene rings is 3. The van der Waals surface area contributed by atoms with Gasteiger partial charge in [0.05, 0.1) is 12.6 Å². The lowest BCUT2D eigenvalue weighted by Crippen LogP contribution is -2.29. The smallest absolute Gasteiger partial charge is 0.273 e. The fourth-order valence-corrected chi connectivity index (χ4v) is 4.53. The molecule has 0 radical (unpaired) electrons. The van der Waals surface area contributed by atoms with E-state index in [0.717, 1.165) is 17.5 Å². The van der Waals surface area contributed by atoms with Gasteiger partial charge in [-0.25, -0.2) is 0 Å². The van der Waals surface area contributed by atoms with Gasteiger partial charge in [-0.2, -0.15) is 5.48 Å². The third-order valence-corrected chi connectivity index (χ3v) is 6.36. The van der Waals surface area contributed by atoms with E-state index >= 15 is 0 Å². The van der Waals surface area contributed by atoms with E-state index < -0.39 is 0 Å². The van der Waals surface area contributed by atoms with Crippen molar-refractivity contribution in [3.8, 4) is 0 Å². The van der Waals surface area contributed by atoms with Crippen molar-refractivity contribution in [3.05, 3.63) is 106 Å². The molecule has 176 valence electrons. The number of carbonyl (C=O) groups is 1. The molecule has 1 aliphatic rings. The number of rotatable bonds is 9. The molecule has 0 saturated heterocycles. The molecule has 4 rings (SSSR count). The highest BCUT2D eigenvalue weighted by atomic mass is 16.6. The van der Waals surface area contributed by atoms with E-state index in [4.69, 9.17) is 9.68 Å². The number of oxime groups is 1. The maximum absolute atomic E-state index is 12.2. The number of hydrogen-bond acceptors (Lipinski definition) is 5. The van der Waals surface area contributed by atoms with Crippen LogP contribution in [0.15, 0.2) is 78.0 Å². The van der Waals surface area contributed by atoms with Crippen LogP contribution in [-0.4, -0.2) is 25.8 Å². The summed E-state index contributed by atoms with van der Waals surface area (Å²) in [7, 11) is 2.98. The Morgan fingerprint density at radius 1 is 1.06 bits per heavy atom. The van der Waals surface area contributed by atoms with Crippen molar-refractivity contribution < 1.29 is 14.5 Å². The third-order valence-electron chi connectivity index (χ3n) is 6.36. The molecule has 6 heteroatoms. The van der Waals surface area contributed by atoms with Crippen LogP contribution in [0.5, 0.6) is 0 Å². The number of carbonyl (C=O) groups excluding carboxylic acids is 1. The maximum Gasteiger partial charge on any atom is 0.273 e. The van der Waals surface area contributed by atoms with Gasteiger partial charge in [-0.05, 0) is 47.6 Å². The highest BCUT2D eigenvalue weighted by Crippen LogP contribution is 2.38. The summed E-state index contributed by atoms with van der Waals surface area (Å²) >= 11 is 0. The van der Waals surface area contributed by atoms with E-state index in [1.54, 1.807) is 7.05 Å². The molecule has 1 amide bonds. The van der Waals surface area contributed by atoms with Crippen LogP contribution in [0, 0.1) is 0 Å². The minimum absolute atomic E-state index is 0.00290. The Morgan fingerprint density at radius 3 is 2.56 bits per heavy atom. The Hall–Kier alpha value is -3.48. The normalized spacial score (nSPS) is 16.1. The molecule has 0 fully saturated rings. The molecule has 2 atom stereocenters. The van der Waals surface area contributed by atoms with Crippen LogP contribution < -0.4 is 10.8 Å². The summed E-state index contributed by atoms with van der Waals surface area (Å²) in [5.41, 5.74) is 10.3. The second kappa shape index (κ2) is 11.1. The van der Waals surface area contributed by atoms with Crippen molar-refractivity contribution in [2.24, 2.45) is 5.16 Å². The van der Waals surface area contributed by atoms with Crippen LogP contribution in [0.1, 0.15) is 58.7 Å². The second-order valence-corrected chi connectivity index (χ2v) is 8.44. The van der Waals surface area contributed by atoms with Crippen molar-refractivity contribution in [1.82, 2.24) is 10.8 Å². The summed E-state index contributed by atoms with van der Waals surface area (Å²) in [6, 6.07) is 25.0. The van der Waals surface area contributed by atoms with Crippen LogP contribution in [0.2, 0.25) is 0 Å². The first kappa shape index (κ1) is 23.7. The Labute approximate surface area is 200 Å². The van der Waals surface area contributed by atoms with Crippen molar-refractivity contribution in [3.63, 3.8) is 0 Å². The molecular formula is C28H31N3O3. The van der Waals surface area contributed by atoms with Gasteiger partial charge >= 0.3 is 0 Å². The van der Waals surface area contributed by atoms with Gasteiger partial charge < -0.3 is 10.2 Å². The summed E-state index contributed by atoms with van der Waals surface area (Å²) in [6.45, 7) is 2.34. The number of fused-ring (bicyclic) bond motifs is 1. The number of nitrogens with one attached hydrogen (secondary N) is 2. The van der Waals surface area contributed by atoms with Crippen molar-refractivity contribution in [2.75, 3.05) is 14.2 Å². The number of aryl methyl sites for hydroxylation is 1. The minimum Gasteiger partial charge on any atom is -0.398 e. The molecule has 0 heterocycles. The molecule has 3 aromatic carbocycles. The van der Waals surface area contributed by atoms with Gasteiger partial charge in [0.15, 0.2) is 5.71 Å². The zero-order valence-electron chi connectivity index (χ0n) is 19.9. The van der Waals surface area contributed by atoms with Gasteiger partial charge in [0.25, 0.3) is 5.91 Å². The first-order chi connectivity index (χ1) is 16.6. The van der Waals surface area contributed by atoms with Crippen LogP contribution in [0.25, 0.3) is 0 Å². The predicted molar refractivity (Wildman–Crippen MR) is 133 cm³/mol. The molecule has 34 heavy (non-hydrogen) atoms. The zero-order chi connectivity index (χ0) is 23.9. The Morgan fingerprint density at radius 2 is 1.79 bits per heavy atom. The number of nitrogens with zero attached hydrogens (tertiary/aromatic N) is 1. The van der Waals surface area contributed by atoms with Crippen LogP contribution in [-0.2, 0) is 27.5 Å². The number of likely N-dealkylation sites (N-methyl/N-ethyl adjacent to an activating group) is 1. The van der Waals surface area contributed by atoms with E-state index in [9.17, 15) is 4.79 Å². The standard InChI is InChI=1S/C28H31N3O3/c1-19(20-12-14-22(15-13-20)25-17-16-21-8-4-6-10-24(21)25)30-34-18-23-9-5-7-11-26(23)27(31-33-3)28(32)29-2/h4-15,19,25,30H,16-18H2,1-3H3,(H,29,32)/b31-27+. The first-order valence-corrected chi connectivity index (χ1v) is 11.6. The van der Waals surface area contributed by atoms with Crippen molar-refractivity contribution in [2.45, 2.75) is 38.3 Å². The van der Waals surface area contributed by atoms with Gasteiger partial charge in [0.2, 0.25) is 0 Å². The molecule has 0 aliphatic heterocycles. The summed E-state index contributed by atoms with van der Waals surface area (Å²) in [4.78, 5) is 22.9. The fourth-order valence-electron chi connectivity index (χ4n) is 4.53. The molecular weight excluding hydrogens is 426 g/mol. The molecule has 0 spiro atoms. The predicted octanol–water partition coefficient (Wildman–Crippen LogP) is 4.64. The van der Waals surface area contributed by atoms with Gasteiger partial charge in [0.1, 0.15) is 7.11 Å². The van der Waals surface area contributed by atoms with Crippen LogP contribution >= 0.6 is 0 Å². The Bertz CT molecular complexity index is 1160. The second-order valence-electron chi connectivity index (χ2n) is 8.44. The summed E-state index contributed by atoms with van der Waals surface area (Å²) in [6.07, 6.45) is 2.31. The van der Waals surface area contributed by atoms with Crippen LogP contribution in [0.4, 0.5) is 0 Å². The average Bonchev–Trinajstić information content (AvgIpc) is 3.31. The fraction of sp³-hybridized carbons (Fsp3) is 0.286. The number of amides is 1. The zero-order valence-corrected chi connectivity index (χ0v) is 19.9. The molecule has 3 aromatic rings. The van der Waals surface area contributed by atoms with E-state index in [0.29, 0.717) is 11.5 Å². The lowest BCUT2D eigenvalue weighted by Gasteiger charge is -2.17. The van der Waals surface area contributed by atoms with Crippen LogP contribution in [0.3, 0.4) is 0 Å². The third kappa shape index (κ3) is 5.19. The van der Waals surface area contributed by atoms with Gasteiger partial charge in [-0.3, -0.25) is 9.63 Å². The number of hydrogen-bond donors (Lipinski definition) is 2. The molecule has 2 unspecified atom stereocenters. The Balaban J connectivity index is 1.38. The minimum atomic E-state index is -0.319. The largest absolute Gasteiger partial charge is 0.398 e. The lowest BCUT2D eigenvalue weighted by molar-refractivity contribution is -0.114. The quantitative estimate of drug-likeness (QED) is 0.363. The molecule has 2 N–H and O–H groups in total. The van der Waals surface area contributed by atoms with E-state index in [-0.39, 0.29) is 24.3 Å². The highest BCUT2D eigenvalue weighted by Gasteiger charge is 2.23. The molecule has 0 aromatic heterocycles. The van der Waals surface area contributed by atoms with Gasteiger partial charge in [0, 0.05) is 18.5 Å². The molecule has 0 bridgehead atoms. The van der Waals surface area contributed by atoms with Gasteiger partial charge in [-0.1, -0.05) is 78.0 Å². The summed E-state index contributed by atoms with van der Waals surface area (Å²) in [5, 5.41) is 6.50. The number of hydroxylamine groups is 1. The summed E-state index contributed by atoms with van der Waals surface area (Å²) < 4.78 is 0. The molecule has 0 saturated carbocycles. The SMILES string of the molecule is CNC(=O)/C(=N/OC)c1ccccc1CONC(C)c1ccc(C2CCc3ccccc32)cc1. The van der Waals surface area contributed by atoms with E-state index in [2.05, 4.69) is 71.4 Å². The first-order valence-electron chi connectivity index (χ1n) is 11.6. The van der Waals surface area contributed by atoms with Gasteiger partial charge in [-0.15, -0.1) is 0 Å². The molecule has 6 nitrogen and oxygen atoms in total. The Kier molecular flexibility index (Phi) is 7.72. The monoisotopic (exact) mass is 457 g/mol.